The van der Waals surface area contributed by atoms with Gasteiger partial charge in [-0.05, 0) is 47.7 Å². The minimum absolute atomic E-state index is 0.0520. The second-order valence-electron chi connectivity index (χ2n) is 4.91. The lowest BCUT2D eigenvalue weighted by Gasteiger charge is -2.36. The molecule has 2 aliphatic heterocycles. The van der Waals surface area contributed by atoms with Gasteiger partial charge in [-0.2, -0.15) is 0 Å². The normalized spacial score (nSPS) is 34.5. The summed E-state index contributed by atoms with van der Waals surface area (Å²) in [4.78, 5) is 4.03. The predicted octanol–water partition coefficient (Wildman–Crippen LogP) is 3.00. The number of thiophene rings is 1. The van der Waals surface area contributed by atoms with Gasteiger partial charge in [0.15, 0.2) is 0 Å². The fourth-order valence-corrected chi connectivity index (χ4v) is 4.58. The number of aliphatic hydroxyl groups is 1. The van der Waals surface area contributed by atoms with Crippen LogP contribution in [0.15, 0.2) is 15.9 Å². The number of nitrogens with zero attached hydrogens (tertiary/aromatic N) is 1. The predicted molar refractivity (Wildman–Crippen MR) is 69.6 cm³/mol. The van der Waals surface area contributed by atoms with Gasteiger partial charge < -0.3 is 5.11 Å². The van der Waals surface area contributed by atoms with Gasteiger partial charge in [-0.25, -0.2) is 0 Å². The third-order valence-corrected chi connectivity index (χ3v) is 5.50. The zero-order valence-electron chi connectivity index (χ0n) is 9.10. The van der Waals surface area contributed by atoms with E-state index in [1.807, 2.05) is 11.3 Å². The highest BCUT2D eigenvalue weighted by molar-refractivity contribution is 9.10. The van der Waals surface area contributed by atoms with E-state index in [-0.39, 0.29) is 6.10 Å². The molecule has 0 spiro atoms. The molecular weight excluding hydrogens is 286 g/mol. The first kappa shape index (κ1) is 11.2. The van der Waals surface area contributed by atoms with Crippen molar-refractivity contribution in [1.82, 2.24) is 4.90 Å². The molecule has 2 bridgehead atoms. The summed E-state index contributed by atoms with van der Waals surface area (Å²) in [5, 5.41) is 11.9. The molecule has 2 atom stereocenters. The maximum Gasteiger partial charge on any atom is 0.0570 e. The average Bonchev–Trinajstić information content (AvgIpc) is 2.72. The first-order valence-corrected chi connectivity index (χ1v) is 7.56. The van der Waals surface area contributed by atoms with Gasteiger partial charge in [-0.1, -0.05) is 0 Å². The molecule has 1 aromatic rings. The Hall–Kier alpha value is 0.1000. The van der Waals surface area contributed by atoms with Crippen LogP contribution in [-0.4, -0.2) is 28.2 Å². The van der Waals surface area contributed by atoms with Gasteiger partial charge in [0.2, 0.25) is 0 Å². The molecule has 0 aromatic carbocycles. The Balaban J connectivity index is 1.72. The molecule has 16 heavy (non-hydrogen) atoms. The van der Waals surface area contributed by atoms with Crippen LogP contribution in [-0.2, 0) is 6.54 Å². The molecule has 0 amide bonds. The fraction of sp³-hybridized carbons (Fsp3) is 0.667. The zero-order chi connectivity index (χ0) is 11.1. The molecule has 0 radical (unpaired) electrons. The van der Waals surface area contributed by atoms with Gasteiger partial charge >= 0.3 is 0 Å². The number of aliphatic hydroxyl groups excluding tert-OH is 1. The lowest BCUT2D eigenvalue weighted by atomic mass is 10.00. The average molecular weight is 302 g/mol. The lowest BCUT2D eigenvalue weighted by molar-refractivity contribution is 0.0316. The van der Waals surface area contributed by atoms with Crippen molar-refractivity contribution in [2.75, 3.05) is 0 Å². The van der Waals surface area contributed by atoms with Crippen LogP contribution in [0.25, 0.3) is 0 Å². The van der Waals surface area contributed by atoms with Crippen LogP contribution in [0.2, 0.25) is 0 Å². The minimum atomic E-state index is -0.0520. The highest BCUT2D eigenvalue weighted by Gasteiger charge is 2.39. The Labute approximate surface area is 108 Å². The van der Waals surface area contributed by atoms with Gasteiger partial charge in [-0.3, -0.25) is 4.90 Å². The summed E-state index contributed by atoms with van der Waals surface area (Å²) in [7, 11) is 0. The van der Waals surface area contributed by atoms with Gasteiger partial charge in [0.25, 0.3) is 0 Å². The van der Waals surface area contributed by atoms with E-state index in [1.165, 1.54) is 22.2 Å². The Bertz CT molecular complexity index is 367. The zero-order valence-corrected chi connectivity index (χ0v) is 11.5. The van der Waals surface area contributed by atoms with E-state index in [0.29, 0.717) is 12.1 Å². The molecular formula is C12H16BrNOS. The van der Waals surface area contributed by atoms with E-state index in [1.54, 1.807) is 0 Å². The van der Waals surface area contributed by atoms with Gasteiger partial charge in [0.05, 0.1) is 6.10 Å². The largest absolute Gasteiger partial charge is 0.393 e. The van der Waals surface area contributed by atoms with Crippen LogP contribution in [0.3, 0.4) is 0 Å². The summed E-state index contributed by atoms with van der Waals surface area (Å²) in [6.07, 6.45) is 4.44. The van der Waals surface area contributed by atoms with Crippen molar-refractivity contribution in [3.8, 4) is 0 Å². The van der Waals surface area contributed by atoms with Crippen molar-refractivity contribution < 1.29 is 5.11 Å². The summed E-state index contributed by atoms with van der Waals surface area (Å²) in [5.74, 6) is 0. The van der Waals surface area contributed by atoms with E-state index in [0.717, 1.165) is 19.4 Å². The molecule has 4 heteroatoms. The second-order valence-corrected chi connectivity index (χ2v) is 6.83. The molecule has 1 aromatic heterocycles. The molecule has 0 saturated carbocycles. The van der Waals surface area contributed by atoms with Crippen LogP contribution in [0.1, 0.15) is 30.6 Å². The maximum absolute atomic E-state index is 9.75. The molecule has 2 unspecified atom stereocenters. The first-order valence-electron chi connectivity index (χ1n) is 5.89. The number of rotatable bonds is 2. The molecule has 2 aliphatic rings. The number of fused-ring (bicyclic) bond motifs is 2. The Kier molecular flexibility index (Phi) is 3.09. The summed E-state index contributed by atoms with van der Waals surface area (Å²) < 4.78 is 1.19. The van der Waals surface area contributed by atoms with Gasteiger partial charge in [0, 0.05) is 33.4 Å². The topological polar surface area (TPSA) is 23.5 Å². The Morgan fingerprint density at radius 3 is 2.62 bits per heavy atom. The molecule has 2 fully saturated rings. The smallest absolute Gasteiger partial charge is 0.0570 e. The molecule has 88 valence electrons. The van der Waals surface area contributed by atoms with E-state index in [9.17, 15) is 5.11 Å². The van der Waals surface area contributed by atoms with Crippen LogP contribution in [0, 0.1) is 0 Å². The number of hydrogen-bond donors (Lipinski definition) is 1. The van der Waals surface area contributed by atoms with E-state index < -0.39 is 0 Å². The van der Waals surface area contributed by atoms with E-state index >= 15 is 0 Å². The molecule has 1 N–H and O–H groups in total. The SMILES string of the molecule is OC1CC2CCC(C1)N2Cc1cc(Br)cs1. The van der Waals surface area contributed by atoms with Crippen molar-refractivity contribution in [1.29, 1.82) is 0 Å². The van der Waals surface area contributed by atoms with Crippen molar-refractivity contribution >= 4 is 27.3 Å². The summed E-state index contributed by atoms with van der Waals surface area (Å²) in [5.41, 5.74) is 0. The summed E-state index contributed by atoms with van der Waals surface area (Å²) >= 11 is 5.33. The van der Waals surface area contributed by atoms with Crippen LogP contribution in [0.5, 0.6) is 0 Å². The molecule has 0 aliphatic carbocycles. The molecule has 3 heterocycles. The van der Waals surface area contributed by atoms with Gasteiger partial charge in [0.1, 0.15) is 0 Å². The fourth-order valence-electron chi connectivity index (χ4n) is 3.12. The van der Waals surface area contributed by atoms with Crippen LogP contribution >= 0.6 is 27.3 Å². The highest BCUT2D eigenvalue weighted by atomic mass is 79.9. The minimum Gasteiger partial charge on any atom is -0.393 e. The molecule has 3 rings (SSSR count). The maximum atomic E-state index is 9.75. The second kappa shape index (κ2) is 4.41. The molecule has 2 saturated heterocycles. The lowest BCUT2D eigenvalue weighted by Crippen LogP contribution is -2.43. The summed E-state index contributed by atoms with van der Waals surface area (Å²) in [6.45, 7) is 1.07. The number of piperidine rings is 1. The monoisotopic (exact) mass is 301 g/mol. The van der Waals surface area contributed by atoms with Crippen LogP contribution in [0.4, 0.5) is 0 Å². The van der Waals surface area contributed by atoms with Gasteiger partial charge in [-0.15, -0.1) is 11.3 Å². The Morgan fingerprint density at radius 2 is 2.06 bits per heavy atom. The number of halogens is 1. The van der Waals surface area contributed by atoms with Crippen molar-refractivity contribution in [3.05, 3.63) is 20.8 Å². The van der Waals surface area contributed by atoms with E-state index in [2.05, 4.69) is 32.3 Å². The quantitative estimate of drug-likeness (QED) is 0.908. The highest BCUT2D eigenvalue weighted by Crippen LogP contribution is 2.37. The molecule has 2 nitrogen and oxygen atoms in total. The third kappa shape index (κ3) is 2.08. The summed E-state index contributed by atoms with van der Waals surface area (Å²) in [6, 6.07) is 3.46. The van der Waals surface area contributed by atoms with Crippen molar-refractivity contribution in [3.63, 3.8) is 0 Å². The van der Waals surface area contributed by atoms with Crippen molar-refractivity contribution in [2.24, 2.45) is 0 Å². The third-order valence-electron chi connectivity index (χ3n) is 3.82. The first-order chi connectivity index (χ1) is 7.72. The van der Waals surface area contributed by atoms with Crippen LogP contribution < -0.4 is 0 Å². The van der Waals surface area contributed by atoms with Crippen molar-refractivity contribution in [2.45, 2.75) is 50.4 Å². The Morgan fingerprint density at radius 1 is 1.38 bits per heavy atom. The van der Waals surface area contributed by atoms with E-state index in [4.69, 9.17) is 0 Å². The standard InChI is InChI=1S/C12H16BrNOS/c13-8-3-12(16-7-8)6-14-9-1-2-10(14)5-11(15)4-9/h3,7,9-11,15H,1-2,4-6H2. The number of hydrogen-bond acceptors (Lipinski definition) is 3.